The van der Waals surface area contributed by atoms with E-state index in [4.69, 9.17) is 9.47 Å². The predicted octanol–water partition coefficient (Wildman–Crippen LogP) is 1.30. The molecule has 1 N–H and O–H groups in total. The Morgan fingerprint density at radius 3 is 3.00 bits per heavy atom. The quantitative estimate of drug-likeness (QED) is 0.698. The number of hydrogen-bond donors (Lipinski definition) is 1. The molecule has 1 saturated heterocycles. The van der Waals surface area contributed by atoms with Gasteiger partial charge >= 0.3 is 0 Å². The Morgan fingerprint density at radius 2 is 2.42 bits per heavy atom. The van der Waals surface area contributed by atoms with Gasteiger partial charge in [0.2, 0.25) is 0 Å². The van der Waals surface area contributed by atoms with Gasteiger partial charge in [-0.05, 0) is 25.7 Å². The Bertz CT molecular complexity index is 110. The number of aliphatic hydroxyl groups excluding tert-OH is 1. The van der Waals surface area contributed by atoms with Crippen LogP contribution in [-0.4, -0.2) is 30.7 Å². The van der Waals surface area contributed by atoms with Gasteiger partial charge in [0.15, 0.2) is 6.29 Å². The van der Waals surface area contributed by atoms with Crippen LogP contribution in [0, 0.1) is 0 Å². The van der Waals surface area contributed by atoms with Gasteiger partial charge in [0.1, 0.15) is 0 Å². The van der Waals surface area contributed by atoms with Crippen LogP contribution in [0.1, 0.15) is 32.6 Å². The van der Waals surface area contributed by atoms with E-state index in [0.29, 0.717) is 6.61 Å². The lowest BCUT2D eigenvalue weighted by atomic mass is 10.2. The number of hydrogen-bond acceptors (Lipinski definition) is 3. The molecule has 0 aromatic rings. The minimum absolute atomic E-state index is 0.0695. The largest absolute Gasteiger partial charge is 0.391 e. The third kappa shape index (κ3) is 3.52. The van der Waals surface area contributed by atoms with Gasteiger partial charge in [-0.1, -0.05) is 6.92 Å². The number of aliphatic hydroxyl groups is 1. The third-order valence-electron chi connectivity index (χ3n) is 2.08. The van der Waals surface area contributed by atoms with Gasteiger partial charge in [-0.15, -0.1) is 0 Å². The normalized spacial score (nSPS) is 27.0. The highest BCUT2D eigenvalue weighted by molar-refractivity contribution is 4.56. The van der Waals surface area contributed by atoms with Gasteiger partial charge in [-0.25, -0.2) is 0 Å². The molecule has 0 aromatic carbocycles. The molecule has 2 atom stereocenters. The third-order valence-corrected chi connectivity index (χ3v) is 2.08. The van der Waals surface area contributed by atoms with Crippen molar-refractivity contribution in [2.24, 2.45) is 0 Å². The van der Waals surface area contributed by atoms with Crippen molar-refractivity contribution in [1.82, 2.24) is 0 Å². The standard InChI is InChI=1S/C9H18O3/c1-2-8(10)7-12-9-5-3-4-6-11-9/h8-10H,2-7H2,1H3/t8-,9?/m1/s1. The van der Waals surface area contributed by atoms with Gasteiger partial charge < -0.3 is 14.6 Å². The first kappa shape index (κ1) is 9.96. The first-order valence-corrected chi connectivity index (χ1v) is 4.74. The minimum atomic E-state index is -0.337. The zero-order valence-electron chi connectivity index (χ0n) is 7.66. The molecule has 72 valence electrons. The van der Waals surface area contributed by atoms with E-state index in [-0.39, 0.29) is 12.4 Å². The topological polar surface area (TPSA) is 38.7 Å². The van der Waals surface area contributed by atoms with Crippen molar-refractivity contribution < 1.29 is 14.6 Å². The predicted molar refractivity (Wildman–Crippen MR) is 45.8 cm³/mol. The summed E-state index contributed by atoms with van der Waals surface area (Å²) in [6, 6.07) is 0. The van der Waals surface area contributed by atoms with Crippen molar-refractivity contribution in [3.63, 3.8) is 0 Å². The van der Waals surface area contributed by atoms with E-state index < -0.39 is 0 Å². The first-order valence-electron chi connectivity index (χ1n) is 4.74. The summed E-state index contributed by atoms with van der Waals surface area (Å²) in [5, 5.41) is 9.21. The molecule has 1 fully saturated rings. The Balaban J connectivity index is 2.05. The van der Waals surface area contributed by atoms with Gasteiger partial charge in [0.05, 0.1) is 12.7 Å². The van der Waals surface area contributed by atoms with Crippen LogP contribution in [0.4, 0.5) is 0 Å². The molecule has 1 unspecified atom stereocenters. The van der Waals surface area contributed by atoms with E-state index in [1.807, 2.05) is 6.92 Å². The molecule has 0 spiro atoms. The van der Waals surface area contributed by atoms with E-state index in [1.165, 1.54) is 6.42 Å². The lowest BCUT2D eigenvalue weighted by Crippen LogP contribution is -2.26. The molecule has 0 saturated carbocycles. The Morgan fingerprint density at radius 1 is 1.58 bits per heavy atom. The summed E-state index contributed by atoms with van der Waals surface area (Å²) in [6.45, 7) is 3.14. The number of rotatable bonds is 4. The average molecular weight is 174 g/mol. The summed E-state index contributed by atoms with van der Waals surface area (Å²) < 4.78 is 10.7. The highest BCUT2D eigenvalue weighted by atomic mass is 16.7. The Hall–Kier alpha value is -0.120. The van der Waals surface area contributed by atoms with E-state index in [0.717, 1.165) is 25.9 Å². The second-order valence-electron chi connectivity index (χ2n) is 3.19. The molecule has 12 heavy (non-hydrogen) atoms. The van der Waals surface area contributed by atoms with Crippen LogP contribution in [0.2, 0.25) is 0 Å². The van der Waals surface area contributed by atoms with E-state index in [2.05, 4.69) is 0 Å². The minimum Gasteiger partial charge on any atom is -0.391 e. The highest BCUT2D eigenvalue weighted by Gasteiger charge is 2.14. The second-order valence-corrected chi connectivity index (χ2v) is 3.19. The molecule has 1 aliphatic heterocycles. The molecule has 0 aromatic heterocycles. The molecule has 1 rings (SSSR count). The van der Waals surface area contributed by atoms with Crippen molar-refractivity contribution in [1.29, 1.82) is 0 Å². The van der Waals surface area contributed by atoms with Crippen LogP contribution in [0.5, 0.6) is 0 Å². The first-order chi connectivity index (χ1) is 5.83. The summed E-state index contributed by atoms with van der Waals surface area (Å²) in [5.41, 5.74) is 0. The molecular weight excluding hydrogens is 156 g/mol. The molecule has 1 heterocycles. The maximum absolute atomic E-state index is 9.21. The van der Waals surface area contributed by atoms with Crippen molar-refractivity contribution in [2.45, 2.75) is 45.0 Å². The van der Waals surface area contributed by atoms with Crippen LogP contribution in [0.15, 0.2) is 0 Å². The fourth-order valence-electron chi connectivity index (χ4n) is 1.18. The van der Waals surface area contributed by atoms with Crippen LogP contribution >= 0.6 is 0 Å². The Kier molecular flexibility index (Phi) is 4.58. The molecule has 3 heteroatoms. The molecule has 3 nitrogen and oxygen atoms in total. The zero-order valence-corrected chi connectivity index (χ0v) is 7.66. The summed E-state index contributed by atoms with van der Waals surface area (Å²) in [6.07, 6.45) is 3.61. The summed E-state index contributed by atoms with van der Waals surface area (Å²) in [7, 11) is 0. The monoisotopic (exact) mass is 174 g/mol. The molecule has 0 aliphatic carbocycles. The fourth-order valence-corrected chi connectivity index (χ4v) is 1.18. The van der Waals surface area contributed by atoms with Gasteiger partial charge in [-0.2, -0.15) is 0 Å². The molecule has 1 aliphatic rings. The van der Waals surface area contributed by atoms with Crippen molar-refractivity contribution in [2.75, 3.05) is 13.2 Å². The summed E-state index contributed by atoms with van der Waals surface area (Å²) in [4.78, 5) is 0. The van der Waals surface area contributed by atoms with Crippen molar-refractivity contribution in [3.8, 4) is 0 Å². The van der Waals surface area contributed by atoms with Crippen LogP contribution < -0.4 is 0 Å². The maximum Gasteiger partial charge on any atom is 0.157 e. The fraction of sp³-hybridized carbons (Fsp3) is 1.00. The highest BCUT2D eigenvalue weighted by Crippen LogP contribution is 2.13. The van der Waals surface area contributed by atoms with Gasteiger partial charge in [-0.3, -0.25) is 0 Å². The Labute approximate surface area is 73.7 Å². The average Bonchev–Trinajstić information content (AvgIpc) is 2.16. The van der Waals surface area contributed by atoms with E-state index in [9.17, 15) is 5.11 Å². The molecule has 0 radical (unpaired) electrons. The number of ether oxygens (including phenoxy) is 2. The lowest BCUT2D eigenvalue weighted by Gasteiger charge is -2.23. The smallest absolute Gasteiger partial charge is 0.157 e. The summed E-state index contributed by atoms with van der Waals surface area (Å²) >= 11 is 0. The molecule has 0 amide bonds. The van der Waals surface area contributed by atoms with Crippen LogP contribution in [0.3, 0.4) is 0 Å². The van der Waals surface area contributed by atoms with Crippen molar-refractivity contribution in [3.05, 3.63) is 0 Å². The molecule has 0 bridgehead atoms. The van der Waals surface area contributed by atoms with Crippen LogP contribution in [0.25, 0.3) is 0 Å². The maximum atomic E-state index is 9.21. The zero-order chi connectivity index (χ0) is 8.81. The van der Waals surface area contributed by atoms with E-state index >= 15 is 0 Å². The lowest BCUT2D eigenvalue weighted by molar-refractivity contribution is -0.175. The second kappa shape index (κ2) is 5.51. The van der Waals surface area contributed by atoms with Gasteiger partial charge in [0.25, 0.3) is 0 Å². The summed E-state index contributed by atoms with van der Waals surface area (Å²) in [5.74, 6) is 0. The molecular formula is C9H18O3. The van der Waals surface area contributed by atoms with Gasteiger partial charge in [0, 0.05) is 6.61 Å². The van der Waals surface area contributed by atoms with Crippen molar-refractivity contribution >= 4 is 0 Å². The van der Waals surface area contributed by atoms with Crippen LogP contribution in [-0.2, 0) is 9.47 Å². The van der Waals surface area contributed by atoms with E-state index in [1.54, 1.807) is 0 Å². The SMILES string of the molecule is CC[C@@H](O)COC1CCCCO1.